The van der Waals surface area contributed by atoms with Crippen LogP contribution in [0.2, 0.25) is 0 Å². The lowest BCUT2D eigenvalue weighted by Crippen LogP contribution is -2.55. The van der Waals surface area contributed by atoms with Crippen LogP contribution in [0.4, 0.5) is 0 Å². The molecule has 0 aromatic carbocycles. The zero-order valence-corrected chi connectivity index (χ0v) is 10.5. The molecule has 2 N–H and O–H groups in total. The first-order valence-electron chi connectivity index (χ1n) is 5.92. The van der Waals surface area contributed by atoms with Gasteiger partial charge in [0.05, 0.1) is 18.8 Å². The largest absolute Gasteiger partial charge is 0.377 e. The lowest BCUT2D eigenvalue weighted by molar-refractivity contribution is -0.130. The highest BCUT2D eigenvalue weighted by atomic mass is 16.5. The van der Waals surface area contributed by atoms with E-state index < -0.39 is 6.04 Å². The summed E-state index contributed by atoms with van der Waals surface area (Å²) in [6.45, 7) is 0.910. The molecule has 1 unspecified atom stereocenters. The van der Waals surface area contributed by atoms with Gasteiger partial charge in [-0.25, -0.2) is 0 Å². The number of amides is 2. The molecule has 0 spiro atoms. The SMILES string of the molecule is CNC(=O)C1COCCN1C(=O)c1ccc(=O)[nH]c1. The van der Waals surface area contributed by atoms with Gasteiger partial charge in [0.25, 0.3) is 5.91 Å². The Kier molecular flexibility index (Phi) is 3.96. The van der Waals surface area contributed by atoms with Gasteiger partial charge in [-0.15, -0.1) is 0 Å². The highest BCUT2D eigenvalue weighted by molar-refractivity contribution is 5.97. The van der Waals surface area contributed by atoms with Crippen molar-refractivity contribution < 1.29 is 14.3 Å². The number of hydrogen-bond donors (Lipinski definition) is 2. The maximum Gasteiger partial charge on any atom is 0.256 e. The number of nitrogens with one attached hydrogen (secondary N) is 2. The zero-order chi connectivity index (χ0) is 13.8. The summed E-state index contributed by atoms with van der Waals surface area (Å²) >= 11 is 0. The molecule has 0 bridgehead atoms. The molecule has 2 amide bonds. The fourth-order valence-electron chi connectivity index (χ4n) is 1.94. The quantitative estimate of drug-likeness (QED) is 0.714. The molecule has 2 rings (SSSR count). The van der Waals surface area contributed by atoms with Crippen LogP contribution < -0.4 is 10.9 Å². The molecule has 0 saturated carbocycles. The Morgan fingerprint density at radius 1 is 1.47 bits per heavy atom. The number of likely N-dealkylation sites (N-methyl/N-ethyl adjacent to an activating group) is 1. The Labute approximate surface area is 109 Å². The van der Waals surface area contributed by atoms with Crippen LogP contribution in [0.15, 0.2) is 23.1 Å². The third-order valence-electron chi connectivity index (χ3n) is 2.97. The number of morpholine rings is 1. The Bertz CT molecular complexity index is 520. The van der Waals surface area contributed by atoms with E-state index in [1.54, 1.807) is 0 Å². The second-order valence-electron chi connectivity index (χ2n) is 4.15. The number of aromatic amines is 1. The number of carbonyl (C=O) groups excluding carboxylic acids is 2. The van der Waals surface area contributed by atoms with E-state index in [1.165, 1.54) is 30.3 Å². The van der Waals surface area contributed by atoms with Crippen molar-refractivity contribution in [2.45, 2.75) is 6.04 Å². The van der Waals surface area contributed by atoms with E-state index in [-0.39, 0.29) is 24.0 Å². The number of H-pyrrole nitrogens is 1. The van der Waals surface area contributed by atoms with E-state index in [0.29, 0.717) is 18.7 Å². The summed E-state index contributed by atoms with van der Waals surface area (Å²) in [6.07, 6.45) is 1.35. The van der Waals surface area contributed by atoms with Gasteiger partial charge in [-0.2, -0.15) is 0 Å². The Hall–Kier alpha value is -2.15. The van der Waals surface area contributed by atoms with Crippen molar-refractivity contribution in [1.29, 1.82) is 0 Å². The lowest BCUT2D eigenvalue weighted by atomic mass is 10.1. The lowest BCUT2D eigenvalue weighted by Gasteiger charge is -2.34. The number of ether oxygens (including phenoxy) is 1. The standard InChI is InChI=1S/C12H15N3O4/c1-13-11(17)9-7-19-5-4-15(9)12(18)8-2-3-10(16)14-6-8/h2-3,6,9H,4-5,7H2,1H3,(H,13,17)(H,14,16). The summed E-state index contributed by atoms with van der Waals surface area (Å²) in [4.78, 5) is 38.9. The van der Waals surface area contributed by atoms with Crippen LogP contribution in [0.3, 0.4) is 0 Å². The average Bonchev–Trinajstić information content (AvgIpc) is 2.46. The summed E-state index contributed by atoms with van der Waals surface area (Å²) in [6, 6.07) is 2.08. The van der Waals surface area contributed by atoms with E-state index in [4.69, 9.17) is 4.74 Å². The van der Waals surface area contributed by atoms with Crippen molar-refractivity contribution in [2.24, 2.45) is 0 Å². The van der Waals surface area contributed by atoms with Gasteiger partial charge in [-0.05, 0) is 6.07 Å². The van der Waals surface area contributed by atoms with Crippen molar-refractivity contribution in [3.63, 3.8) is 0 Å². The number of pyridine rings is 1. The van der Waals surface area contributed by atoms with Gasteiger partial charge in [0.1, 0.15) is 6.04 Å². The minimum atomic E-state index is -0.641. The Balaban J connectivity index is 2.22. The van der Waals surface area contributed by atoms with E-state index in [1.807, 2.05) is 0 Å². The van der Waals surface area contributed by atoms with Gasteiger partial charge in [0.15, 0.2) is 0 Å². The van der Waals surface area contributed by atoms with Crippen LogP contribution in [-0.4, -0.2) is 54.5 Å². The molecule has 19 heavy (non-hydrogen) atoms. The number of aromatic nitrogens is 1. The summed E-state index contributed by atoms with van der Waals surface area (Å²) in [5.41, 5.74) is 0.0665. The van der Waals surface area contributed by atoms with Gasteiger partial charge in [0.2, 0.25) is 11.5 Å². The van der Waals surface area contributed by atoms with Crippen molar-refractivity contribution in [1.82, 2.24) is 15.2 Å². The first-order chi connectivity index (χ1) is 9.13. The average molecular weight is 265 g/mol. The molecule has 7 nitrogen and oxygen atoms in total. The molecule has 1 aromatic rings. The minimum Gasteiger partial charge on any atom is -0.377 e. The molecule has 102 valence electrons. The predicted molar refractivity (Wildman–Crippen MR) is 66.8 cm³/mol. The number of carbonyl (C=O) groups is 2. The Morgan fingerprint density at radius 3 is 2.89 bits per heavy atom. The second kappa shape index (κ2) is 5.66. The maximum atomic E-state index is 12.3. The number of rotatable bonds is 2. The molecule has 1 aromatic heterocycles. The molecular weight excluding hydrogens is 250 g/mol. The highest BCUT2D eigenvalue weighted by Gasteiger charge is 2.32. The van der Waals surface area contributed by atoms with Gasteiger partial charge in [0, 0.05) is 25.9 Å². The van der Waals surface area contributed by atoms with E-state index in [2.05, 4.69) is 10.3 Å². The van der Waals surface area contributed by atoms with Gasteiger partial charge >= 0.3 is 0 Å². The third-order valence-corrected chi connectivity index (χ3v) is 2.97. The van der Waals surface area contributed by atoms with Crippen LogP contribution in [0.25, 0.3) is 0 Å². The Morgan fingerprint density at radius 2 is 2.26 bits per heavy atom. The minimum absolute atomic E-state index is 0.175. The fraction of sp³-hybridized carbons (Fsp3) is 0.417. The summed E-state index contributed by atoms with van der Waals surface area (Å²) < 4.78 is 5.23. The normalized spacial score (nSPS) is 19.0. The molecule has 7 heteroatoms. The van der Waals surface area contributed by atoms with Gasteiger partial charge in [-0.1, -0.05) is 0 Å². The molecule has 1 aliphatic heterocycles. The first-order valence-corrected chi connectivity index (χ1v) is 5.92. The van der Waals surface area contributed by atoms with Crippen molar-refractivity contribution >= 4 is 11.8 Å². The fourth-order valence-corrected chi connectivity index (χ4v) is 1.94. The zero-order valence-electron chi connectivity index (χ0n) is 10.5. The summed E-state index contributed by atoms with van der Waals surface area (Å²) in [7, 11) is 1.51. The first kappa shape index (κ1) is 13.3. The van der Waals surface area contributed by atoms with E-state index in [9.17, 15) is 14.4 Å². The monoisotopic (exact) mass is 265 g/mol. The summed E-state index contributed by atoms with van der Waals surface area (Å²) in [5, 5.41) is 2.51. The third kappa shape index (κ3) is 2.82. The smallest absolute Gasteiger partial charge is 0.256 e. The van der Waals surface area contributed by atoms with Crippen LogP contribution in [0.5, 0.6) is 0 Å². The molecular formula is C12H15N3O4. The molecule has 1 fully saturated rings. The van der Waals surface area contributed by atoms with Crippen molar-refractivity contribution in [2.75, 3.05) is 26.8 Å². The van der Waals surface area contributed by atoms with Crippen LogP contribution in [0, 0.1) is 0 Å². The molecule has 2 heterocycles. The van der Waals surface area contributed by atoms with E-state index in [0.717, 1.165) is 0 Å². The number of nitrogens with zero attached hydrogens (tertiary/aromatic N) is 1. The van der Waals surface area contributed by atoms with Crippen molar-refractivity contribution in [3.05, 3.63) is 34.2 Å². The van der Waals surface area contributed by atoms with Crippen molar-refractivity contribution in [3.8, 4) is 0 Å². The van der Waals surface area contributed by atoms with Crippen LogP contribution in [-0.2, 0) is 9.53 Å². The molecule has 0 radical (unpaired) electrons. The predicted octanol–water partition coefficient (Wildman–Crippen LogP) is -1.04. The molecule has 0 aliphatic carbocycles. The number of hydrogen-bond acceptors (Lipinski definition) is 4. The van der Waals surface area contributed by atoms with Gasteiger partial charge in [-0.3, -0.25) is 14.4 Å². The molecule has 1 aliphatic rings. The van der Waals surface area contributed by atoms with Gasteiger partial charge < -0.3 is 19.9 Å². The van der Waals surface area contributed by atoms with Crippen LogP contribution >= 0.6 is 0 Å². The maximum absolute atomic E-state index is 12.3. The molecule has 1 atom stereocenters. The second-order valence-corrected chi connectivity index (χ2v) is 4.15. The highest BCUT2D eigenvalue weighted by Crippen LogP contribution is 2.11. The van der Waals surface area contributed by atoms with Crippen LogP contribution in [0.1, 0.15) is 10.4 Å². The molecule has 1 saturated heterocycles. The summed E-state index contributed by atoms with van der Waals surface area (Å²) in [5.74, 6) is -0.564. The van der Waals surface area contributed by atoms with E-state index >= 15 is 0 Å². The topological polar surface area (TPSA) is 91.5 Å².